The lowest BCUT2D eigenvalue weighted by atomic mass is 9.69. The maximum absolute atomic E-state index is 4.16. The highest BCUT2D eigenvalue weighted by molar-refractivity contribution is 5.80. The Balaban J connectivity index is 0.00000134. The molecule has 0 aliphatic carbocycles. The highest BCUT2D eigenvalue weighted by Gasteiger charge is 2.40. The highest BCUT2D eigenvalue weighted by atomic mass is 15.0. The van der Waals surface area contributed by atoms with Gasteiger partial charge in [-0.15, -0.1) is 0 Å². The van der Waals surface area contributed by atoms with Gasteiger partial charge in [0.25, 0.3) is 0 Å². The molecule has 1 unspecified atom stereocenters. The summed E-state index contributed by atoms with van der Waals surface area (Å²) in [7, 11) is 0. The molecule has 1 atom stereocenters. The molecule has 0 saturated carbocycles. The van der Waals surface area contributed by atoms with Gasteiger partial charge < -0.3 is 5.32 Å². The predicted molar refractivity (Wildman–Crippen MR) is 180 cm³/mol. The zero-order valence-corrected chi connectivity index (χ0v) is 26.0. The molecule has 0 bridgehead atoms. The van der Waals surface area contributed by atoms with E-state index in [0.29, 0.717) is 0 Å². The van der Waals surface area contributed by atoms with E-state index in [1.54, 1.807) is 0 Å². The SMILES string of the molecule is C=C/C=C\C1NC(C)(C)C(C)(C)C=C1/C=C(\C=C)c1cccc(-c2cccc(-c3ccccc3)c2)c1.CC.CC. The van der Waals surface area contributed by atoms with Crippen molar-refractivity contribution in [3.8, 4) is 22.3 Å². The number of hydrogen-bond donors (Lipinski definition) is 1. The fraction of sp³-hybridized carbons (Fsp3) is 0.282. The topological polar surface area (TPSA) is 12.0 Å². The van der Waals surface area contributed by atoms with E-state index in [1.807, 2.05) is 45.9 Å². The first kappa shape index (κ1) is 32.5. The van der Waals surface area contributed by atoms with Gasteiger partial charge in [0.05, 0.1) is 6.04 Å². The summed E-state index contributed by atoms with van der Waals surface area (Å²) in [6.45, 7) is 25.1. The molecule has 1 heteroatoms. The predicted octanol–water partition coefficient (Wildman–Crippen LogP) is 11.1. The van der Waals surface area contributed by atoms with Crippen molar-refractivity contribution >= 4 is 5.57 Å². The average molecular weight is 532 g/mol. The van der Waals surface area contributed by atoms with Gasteiger partial charge in [-0.3, -0.25) is 0 Å². The maximum Gasteiger partial charge on any atom is 0.0510 e. The molecule has 4 rings (SSSR count). The molecule has 1 aliphatic rings. The number of rotatable bonds is 7. The van der Waals surface area contributed by atoms with Gasteiger partial charge in [0, 0.05) is 11.0 Å². The van der Waals surface area contributed by atoms with Crippen LogP contribution in [0, 0.1) is 5.41 Å². The van der Waals surface area contributed by atoms with Crippen LogP contribution in [0.15, 0.2) is 134 Å². The van der Waals surface area contributed by atoms with E-state index < -0.39 is 0 Å². The lowest BCUT2D eigenvalue weighted by molar-refractivity contribution is 0.188. The van der Waals surface area contributed by atoms with Crippen molar-refractivity contribution in [2.75, 3.05) is 0 Å². The molecule has 0 amide bonds. The third-order valence-electron chi connectivity index (χ3n) is 7.49. The first-order valence-corrected chi connectivity index (χ1v) is 14.6. The molecule has 40 heavy (non-hydrogen) atoms. The van der Waals surface area contributed by atoms with Crippen LogP contribution in [0.3, 0.4) is 0 Å². The van der Waals surface area contributed by atoms with Gasteiger partial charge in [-0.25, -0.2) is 0 Å². The minimum Gasteiger partial charge on any atom is -0.301 e. The van der Waals surface area contributed by atoms with E-state index >= 15 is 0 Å². The summed E-state index contributed by atoms with van der Waals surface area (Å²) in [6.07, 6.45) is 12.7. The van der Waals surface area contributed by atoms with Crippen LogP contribution < -0.4 is 5.32 Å². The second kappa shape index (κ2) is 15.2. The lowest BCUT2D eigenvalue weighted by Gasteiger charge is -2.47. The van der Waals surface area contributed by atoms with Crippen molar-refractivity contribution < 1.29 is 0 Å². The van der Waals surface area contributed by atoms with Gasteiger partial charge in [-0.1, -0.05) is 152 Å². The monoisotopic (exact) mass is 531 g/mol. The van der Waals surface area contributed by atoms with E-state index in [1.165, 1.54) is 27.8 Å². The molecular weight excluding hydrogens is 482 g/mol. The summed E-state index contributed by atoms with van der Waals surface area (Å²) in [6, 6.07) is 28.1. The molecule has 1 aliphatic heterocycles. The minimum absolute atomic E-state index is 0.0106. The van der Waals surface area contributed by atoms with Crippen molar-refractivity contribution in [3.63, 3.8) is 0 Å². The standard InChI is InChI=1S/C35H37N.2C2H6/c1-7-9-21-33-32(25-34(3,4)35(5,6)36-33)22-26(8-2)28-17-13-19-30(23-28)31-20-14-18-29(24-31)27-15-11-10-12-16-27;2*1-2/h7-25,33,36H,1-2H2,3-6H3;2*1-2H3/b21-9-,26-22+;;. The zero-order valence-electron chi connectivity index (χ0n) is 26.0. The summed E-state index contributed by atoms with van der Waals surface area (Å²) < 4.78 is 0. The van der Waals surface area contributed by atoms with Gasteiger partial charge in [0.1, 0.15) is 0 Å². The summed E-state index contributed by atoms with van der Waals surface area (Å²) in [5.74, 6) is 0. The number of allylic oxidation sites excluding steroid dienone is 4. The van der Waals surface area contributed by atoms with E-state index in [0.717, 1.165) is 11.1 Å². The van der Waals surface area contributed by atoms with Crippen molar-refractivity contribution in [2.45, 2.75) is 67.0 Å². The van der Waals surface area contributed by atoms with Crippen LogP contribution in [0.2, 0.25) is 0 Å². The van der Waals surface area contributed by atoms with Crippen molar-refractivity contribution in [3.05, 3.63) is 140 Å². The Hall–Kier alpha value is -3.68. The quantitative estimate of drug-likeness (QED) is 0.299. The number of nitrogens with one attached hydrogen (secondary N) is 1. The van der Waals surface area contributed by atoms with Gasteiger partial charge in [-0.2, -0.15) is 0 Å². The smallest absolute Gasteiger partial charge is 0.0510 e. The van der Waals surface area contributed by atoms with Gasteiger partial charge >= 0.3 is 0 Å². The van der Waals surface area contributed by atoms with Gasteiger partial charge in [0.15, 0.2) is 0 Å². The first-order chi connectivity index (χ1) is 19.2. The molecule has 0 radical (unpaired) electrons. The van der Waals surface area contributed by atoms with Crippen LogP contribution >= 0.6 is 0 Å². The fourth-order valence-electron chi connectivity index (χ4n) is 4.65. The lowest BCUT2D eigenvalue weighted by Crippen LogP contribution is -2.57. The highest BCUT2D eigenvalue weighted by Crippen LogP contribution is 2.39. The van der Waals surface area contributed by atoms with E-state index in [9.17, 15) is 0 Å². The molecule has 1 N–H and O–H groups in total. The Bertz CT molecular complexity index is 1330. The third-order valence-corrected chi connectivity index (χ3v) is 7.49. The van der Waals surface area contributed by atoms with E-state index in [-0.39, 0.29) is 17.0 Å². The molecule has 3 aromatic rings. The molecule has 1 heterocycles. The van der Waals surface area contributed by atoms with Crippen LogP contribution in [0.5, 0.6) is 0 Å². The van der Waals surface area contributed by atoms with E-state index in [4.69, 9.17) is 0 Å². The van der Waals surface area contributed by atoms with Gasteiger partial charge in [-0.05, 0) is 71.0 Å². The second-order valence-corrected chi connectivity index (χ2v) is 10.6. The van der Waals surface area contributed by atoms with Crippen LogP contribution in [0.4, 0.5) is 0 Å². The normalized spacial score (nSPS) is 17.4. The molecular formula is C39H49N. The maximum atomic E-state index is 4.16. The second-order valence-electron chi connectivity index (χ2n) is 10.6. The van der Waals surface area contributed by atoms with Crippen LogP contribution in [0.1, 0.15) is 61.0 Å². The fourth-order valence-corrected chi connectivity index (χ4v) is 4.65. The molecule has 1 nitrogen and oxygen atoms in total. The van der Waals surface area contributed by atoms with Crippen molar-refractivity contribution in [1.29, 1.82) is 0 Å². The minimum atomic E-state index is -0.0431. The summed E-state index contributed by atoms with van der Waals surface area (Å²) in [5, 5.41) is 3.83. The Morgan fingerprint density at radius 2 is 1.27 bits per heavy atom. The Morgan fingerprint density at radius 1 is 0.725 bits per heavy atom. The van der Waals surface area contributed by atoms with Crippen molar-refractivity contribution in [2.24, 2.45) is 5.41 Å². The molecule has 0 fully saturated rings. The van der Waals surface area contributed by atoms with Crippen LogP contribution in [-0.4, -0.2) is 11.6 Å². The third kappa shape index (κ3) is 7.93. The van der Waals surface area contributed by atoms with Crippen LogP contribution in [-0.2, 0) is 0 Å². The van der Waals surface area contributed by atoms with E-state index in [2.05, 4.69) is 143 Å². The zero-order chi connectivity index (χ0) is 29.8. The molecule has 210 valence electrons. The largest absolute Gasteiger partial charge is 0.301 e. The Morgan fingerprint density at radius 3 is 1.88 bits per heavy atom. The Kier molecular flexibility index (Phi) is 12.4. The molecule has 0 aromatic heterocycles. The summed E-state index contributed by atoms with van der Waals surface area (Å²) in [5.41, 5.74) is 8.29. The molecule has 0 saturated heterocycles. The van der Waals surface area contributed by atoms with Crippen LogP contribution in [0.25, 0.3) is 27.8 Å². The average Bonchev–Trinajstić information content (AvgIpc) is 2.99. The summed E-state index contributed by atoms with van der Waals surface area (Å²) >= 11 is 0. The number of hydrogen-bond acceptors (Lipinski definition) is 1. The Labute approximate surface area is 244 Å². The van der Waals surface area contributed by atoms with Gasteiger partial charge in [0.2, 0.25) is 0 Å². The van der Waals surface area contributed by atoms with Crippen molar-refractivity contribution in [1.82, 2.24) is 5.32 Å². The molecule has 0 spiro atoms. The summed E-state index contributed by atoms with van der Waals surface area (Å²) in [4.78, 5) is 0. The first-order valence-electron chi connectivity index (χ1n) is 14.6. The molecule has 3 aromatic carbocycles. The number of benzene rings is 3.